The number of hydrogen-bond acceptors (Lipinski definition) is 3. The van der Waals surface area contributed by atoms with Gasteiger partial charge in [-0.2, -0.15) is 0 Å². The zero-order valence-corrected chi connectivity index (χ0v) is 12.3. The van der Waals surface area contributed by atoms with E-state index >= 15 is 0 Å². The summed E-state index contributed by atoms with van der Waals surface area (Å²) in [5.41, 5.74) is 1.74. The topological polar surface area (TPSA) is 29.5 Å². The molecule has 18 heavy (non-hydrogen) atoms. The van der Waals surface area contributed by atoms with E-state index < -0.39 is 0 Å². The highest BCUT2D eigenvalue weighted by Crippen LogP contribution is 2.28. The summed E-state index contributed by atoms with van der Waals surface area (Å²) >= 11 is 3.40. The largest absolute Gasteiger partial charge is 0.375 e. The fraction of sp³-hybridized carbons (Fsp3) is 0.500. The third-order valence-corrected chi connectivity index (χ3v) is 3.86. The van der Waals surface area contributed by atoms with Crippen molar-refractivity contribution >= 4 is 27.9 Å². The molecular formula is C14H18BrNO2. The lowest BCUT2D eigenvalue weighted by atomic mass is 10.1. The first-order chi connectivity index (χ1) is 8.65. The van der Waals surface area contributed by atoms with Crippen LogP contribution in [0.25, 0.3) is 0 Å². The Bertz CT molecular complexity index is 436. The van der Waals surface area contributed by atoms with Crippen LogP contribution in [0.5, 0.6) is 0 Å². The number of hydrogen-bond donors (Lipinski definition) is 0. The fourth-order valence-electron chi connectivity index (χ4n) is 2.36. The van der Waals surface area contributed by atoms with Gasteiger partial charge in [-0.05, 0) is 31.5 Å². The molecule has 0 aromatic heterocycles. The second-order valence-corrected chi connectivity index (χ2v) is 5.60. The predicted molar refractivity (Wildman–Crippen MR) is 76.4 cm³/mol. The van der Waals surface area contributed by atoms with Crippen molar-refractivity contribution in [2.24, 2.45) is 0 Å². The van der Waals surface area contributed by atoms with Gasteiger partial charge in [0.2, 0.25) is 0 Å². The molecule has 1 fully saturated rings. The standard InChI is InChI=1S/C14H18BrNO2/c1-3-13-9-18-10(2)7-16(13)14-5-4-12(15)6-11(14)8-17/h4-6,8,10,13H,3,7,9H2,1-2H3. The minimum atomic E-state index is 0.205. The van der Waals surface area contributed by atoms with E-state index in [-0.39, 0.29) is 6.10 Å². The van der Waals surface area contributed by atoms with Gasteiger partial charge in [0.1, 0.15) is 0 Å². The maximum atomic E-state index is 11.2. The summed E-state index contributed by atoms with van der Waals surface area (Å²) in [4.78, 5) is 13.5. The van der Waals surface area contributed by atoms with Gasteiger partial charge in [-0.3, -0.25) is 4.79 Å². The van der Waals surface area contributed by atoms with Crippen molar-refractivity contribution in [3.63, 3.8) is 0 Å². The van der Waals surface area contributed by atoms with Crippen molar-refractivity contribution in [1.29, 1.82) is 0 Å². The molecular weight excluding hydrogens is 294 g/mol. The summed E-state index contributed by atoms with van der Waals surface area (Å²) in [5.74, 6) is 0. The predicted octanol–water partition coefficient (Wildman–Crippen LogP) is 3.27. The van der Waals surface area contributed by atoms with Crippen LogP contribution in [-0.4, -0.2) is 31.6 Å². The van der Waals surface area contributed by atoms with Crippen LogP contribution in [0.2, 0.25) is 0 Å². The number of carbonyl (C=O) groups is 1. The molecule has 4 heteroatoms. The van der Waals surface area contributed by atoms with E-state index in [1.54, 1.807) is 0 Å². The Morgan fingerprint density at radius 3 is 3.00 bits per heavy atom. The molecule has 98 valence electrons. The van der Waals surface area contributed by atoms with Gasteiger partial charge in [0.25, 0.3) is 0 Å². The molecule has 1 saturated heterocycles. The molecule has 0 aliphatic carbocycles. The summed E-state index contributed by atoms with van der Waals surface area (Å²) in [6.07, 6.45) is 2.14. The molecule has 2 unspecified atom stereocenters. The third-order valence-electron chi connectivity index (χ3n) is 3.36. The van der Waals surface area contributed by atoms with E-state index in [1.165, 1.54) is 0 Å². The van der Waals surface area contributed by atoms with E-state index in [0.717, 1.165) is 41.6 Å². The van der Waals surface area contributed by atoms with Crippen LogP contribution in [0.3, 0.4) is 0 Å². The molecule has 1 aromatic rings. The molecule has 1 aromatic carbocycles. The molecule has 1 aliphatic rings. The Morgan fingerprint density at radius 2 is 2.33 bits per heavy atom. The van der Waals surface area contributed by atoms with Gasteiger partial charge in [-0.15, -0.1) is 0 Å². The van der Waals surface area contributed by atoms with Gasteiger partial charge in [0.15, 0.2) is 6.29 Å². The second-order valence-electron chi connectivity index (χ2n) is 4.68. The molecule has 1 aliphatic heterocycles. The highest BCUT2D eigenvalue weighted by molar-refractivity contribution is 9.10. The molecule has 0 radical (unpaired) electrons. The number of morpholine rings is 1. The van der Waals surface area contributed by atoms with Crippen LogP contribution in [0, 0.1) is 0 Å². The lowest BCUT2D eigenvalue weighted by molar-refractivity contribution is 0.0299. The number of benzene rings is 1. The van der Waals surface area contributed by atoms with Crippen molar-refractivity contribution in [1.82, 2.24) is 0 Å². The van der Waals surface area contributed by atoms with Crippen LogP contribution < -0.4 is 4.90 Å². The molecule has 1 heterocycles. The third kappa shape index (κ3) is 2.75. The van der Waals surface area contributed by atoms with E-state index in [2.05, 4.69) is 34.7 Å². The Balaban J connectivity index is 2.35. The first-order valence-corrected chi connectivity index (χ1v) is 7.08. The number of carbonyl (C=O) groups excluding carboxylic acids is 1. The number of halogens is 1. The maximum absolute atomic E-state index is 11.2. The summed E-state index contributed by atoms with van der Waals surface area (Å²) in [7, 11) is 0. The van der Waals surface area contributed by atoms with Gasteiger partial charge in [0.05, 0.1) is 18.8 Å². The van der Waals surface area contributed by atoms with Crippen LogP contribution in [0.1, 0.15) is 30.6 Å². The fourth-order valence-corrected chi connectivity index (χ4v) is 2.74. The minimum Gasteiger partial charge on any atom is -0.375 e. The van der Waals surface area contributed by atoms with Gasteiger partial charge in [-0.25, -0.2) is 0 Å². The Kier molecular flexibility index (Phi) is 4.40. The zero-order chi connectivity index (χ0) is 13.1. The van der Waals surface area contributed by atoms with Crippen LogP contribution in [-0.2, 0) is 4.74 Å². The highest BCUT2D eigenvalue weighted by atomic mass is 79.9. The van der Waals surface area contributed by atoms with Crippen molar-refractivity contribution in [2.75, 3.05) is 18.1 Å². The van der Waals surface area contributed by atoms with E-state index in [9.17, 15) is 4.79 Å². The molecule has 2 atom stereocenters. The van der Waals surface area contributed by atoms with Crippen LogP contribution in [0.4, 0.5) is 5.69 Å². The van der Waals surface area contributed by atoms with Gasteiger partial charge in [0, 0.05) is 22.3 Å². The van der Waals surface area contributed by atoms with Gasteiger partial charge in [-0.1, -0.05) is 22.9 Å². The highest BCUT2D eigenvalue weighted by Gasteiger charge is 2.27. The summed E-state index contributed by atoms with van der Waals surface area (Å²) in [6.45, 7) is 5.78. The normalized spacial score (nSPS) is 24.1. The van der Waals surface area contributed by atoms with E-state index in [0.29, 0.717) is 6.04 Å². The first kappa shape index (κ1) is 13.6. The molecule has 0 bridgehead atoms. The molecule has 0 amide bonds. The Hall–Kier alpha value is -0.870. The second kappa shape index (κ2) is 5.85. The number of aldehydes is 1. The lowest BCUT2D eigenvalue weighted by Crippen LogP contribution is -2.49. The number of rotatable bonds is 3. The molecule has 0 N–H and O–H groups in total. The van der Waals surface area contributed by atoms with E-state index in [4.69, 9.17) is 4.74 Å². The SMILES string of the molecule is CCC1COC(C)CN1c1ccc(Br)cc1C=O. The van der Waals surface area contributed by atoms with Gasteiger partial charge >= 0.3 is 0 Å². The average molecular weight is 312 g/mol. The molecule has 3 nitrogen and oxygen atoms in total. The van der Waals surface area contributed by atoms with E-state index in [1.807, 2.05) is 18.2 Å². The maximum Gasteiger partial charge on any atom is 0.152 e. The van der Waals surface area contributed by atoms with Crippen molar-refractivity contribution < 1.29 is 9.53 Å². The smallest absolute Gasteiger partial charge is 0.152 e. The average Bonchev–Trinajstić information content (AvgIpc) is 2.38. The minimum absolute atomic E-state index is 0.205. The summed E-state index contributed by atoms with van der Waals surface area (Å²) < 4.78 is 6.62. The quantitative estimate of drug-likeness (QED) is 0.802. The van der Waals surface area contributed by atoms with Crippen molar-refractivity contribution in [3.05, 3.63) is 28.2 Å². The Morgan fingerprint density at radius 1 is 1.56 bits per heavy atom. The zero-order valence-electron chi connectivity index (χ0n) is 10.7. The lowest BCUT2D eigenvalue weighted by Gasteiger charge is -2.40. The van der Waals surface area contributed by atoms with Crippen LogP contribution >= 0.6 is 15.9 Å². The molecule has 2 rings (SSSR count). The first-order valence-electron chi connectivity index (χ1n) is 6.28. The number of ether oxygens (including phenoxy) is 1. The monoisotopic (exact) mass is 311 g/mol. The molecule has 0 saturated carbocycles. The Labute approximate surface area is 116 Å². The summed E-state index contributed by atoms with van der Waals surface area (Å²) in [6, 6.07) is 6.21. The number of nitrogens with zero attached hydrogens (tertiary/aromatic N) is 1. The van der Waals surface area contributed by atoms with Crippen molar-refractivity contribution in [3.8, 4) is 0 Å². The molecule has 0 spiro atoms. The van der Waals surface area contributed by atoms with Gasteiger partial charge < -0.3 is 9.64 Å². The summed E-state index contributed by atoms with van der Waals surface area (Å²) in [5, 5.41) is 0. The van der Waals surface area contributed by atoms with Crippen molar-refractivity contribution in [2.45, 2.75) is 32.4 Å². The number of anilines is 1. The van der Waals surface area contributed by atoms with Crippen LogP contribution in [0.15, 0.2) is 22.7 Å².